The summed E-state index contributed by atoms with van der Waals surface area (Å²) in [4.78, 5) is 14.3. The van der Waals surface area contributed by atoms with E-state index >= 15 is 0 Å². The van der Waals surface area contributed by atoms with Gasteiger partial charge in [0.15, 0.2) is 0 Å². The summed E-state index contributed by atoms with van der Waals surface area (Å²) < 4.78 is 0. The smallest absolute Gasteiger partial charge is 0.259 e. The monoisotopic (exact) mass is 281 g/mol. The third kappa shape index (κ3) is 2.39. The van der Waals surface area contributed by atoms with Gasteiger partial charge in [0, 0.05) is 16.3 Å². The number of rotatable bonds is 2. The second-order valence-electron chi connectivity index (χ2n) is 3.65. The van der Waals surface area contributed by atoms with Crippen LogP contribution in [0.15, 0.2) is 35.1 Å². The van der Waals surface area contributed by atoms with Gasteiger partial charge in [-0.15, -0.1) is 0 Å². The number of hydrogen-bond donors (Lipinski definition) is 3. The first-order chi connectivity index (χ1) is 8.49. The molecule has 1 heterocycles. The Morgan fingerprint density at radius 1 is 1.22 bits per heavy atom. The van der Waals surface area contributed by atoms with E-state index in [0.29, 0.717) is 21.3 Å². The van der Waals surface area contributed by atoms with Crippen molar-refractivity contribution < 1.29 is 0 Å². The Kier molecular flexibility index (Phi) is 3.41. The average molecular weight is 282 g/mol. The Bertz CT molecular complexity index is 679. The standard InChI is InChI=1S/C12H9Cl2N3O/c13-6-1-2-7(9(14)5-6)10-4-3-8(11(15)16)12(18)17-10/h1-5H,(H3,15,16)(H,17,18). The zero-order valence-corrected chi connectivity index (χ0v) is 10.6. The fourth-order valence-electron chi connectivity index (χ4n) is 1.55. The highest BCUT2D eigenvalue weighted by molar-refractivity contribution is 6.36. The Morgan fingerprint density at radius 3 is 2.50 bits per heavy atom. The lowest BCUT2D eigenvalue weighted by molar-refractivity contribution is 1.21. The predicted molar refractivity (Wildman–Crippen MR) is 73.5 cm³/mol. The number of amidine groups is 1. The maximum atomic E-state index is 11.7. The molecule has 2 aromatic rings. The fourth-order valence-corrected chi connectivity index (χ4v) is 2.06. The van der Waals surface area contributed by atoms with Crippen LogP contribution in [0.3, 0.4) is 0 Å². The summed E-state index contributed by atoms with van der Waals surface area (Å²) in [6, 6.07) is 8.12. The Morgan fingerprint density at radius 2 is 1.94 bits per heavy atom. The second kappa shape index (κ2) is 4.84. The van der Waals surface area contributed by atoms with E-state index < -0.39 is 5.56 Å². The molecule has 2 rings (SSSR count). The molecule has 1 aromatic carbocycles. The molecule has 0 aliphatic heterocycles. The summed E-state index contributed by atoms with van der Waals surface area (Å²) in [5, 5.41) is 8.19. The van der Waals surface area contributed by atoms with Crippen LogP contribution in [0.2, 0.25) is 10.0 Å². The van der Waals surface area contributed by atoms with Gasteiger partial charge in [0.1, 0.15) is 5.84 Å². The van der Waals surface area contributed by atoms with Crippen molar-refractivity contribution in [1.29, 1.82) is 5.41 Å². The van der Waals surface area contributed by atoms with Crippen molar-refractivity contribution in [3.05, 3.63) is 56.3 Å². The Balaban J connectivity index is 2.56. The molecule has 0 amide bonds. The number of pyridine rings is 1. The highest BCUT2D eigenvalue weighted by atomic mass is 35.5. The number of hydrogen-bond acceptors (Lipinski definition) is 2. The van der Waals surface area contributed by atoms with Crippen LogP contribution in [0.25, 0.3) is 11.3 Å². The van der Waals surface area contributed by atoms with Gasteiger partial charge >= 0.3 is 0 Å². The van der Waals surface area contributed by atoms with Gasteiger partial charge in [0.2, 0.25) is 0 Å². The van der Waals surface area contributed by atoms with Gasteiger partial charge in [-0.2, -0.15) is 0 Å². The van der Waals surface area contributed by atoms with E-state index in [4.69, 9.17) is 34.3 Å². The van der Waals surface area contributed by atoms with Crippen LogP contribution in [0, 0.1) is 5.41 Å². The van der Waals surface area contributed by atoms with Gasteiger partial charge in [-0.3, -0.25) is 10.2 Å². The minimum Gasteiger partial charge on any atom is -0.384 e. The molecule has 0 radical (unpaired) electrons. The second-order valence-corrected chi connectivity index (χ2v) is 4.50. The maximum Gasteiger partial charge on any atom is 0.259 e. The number of nitrogen functional groups attached to an aromatic ring is 1. The number of aromatic amines is 1. The molecule has 92 valence electrons. The number of nitrogens with two attached hydrogens (primary N) is 1. The predicted octanol–water partition coefficient (Wildman–Crippen LogP) is 2.63. The lowest BCUT2D eigenvalue weighted by atomic mass is 10.1. The lowest BCUT2D eigenvalue weighted by Crippen LogP contribution is -2.23. The maximum absolute atomic E-state index is 11.7. The fraction of sp³-hybridized carbons (Fsp3) is 0. The van der Waals surface area contributed by atoms with Crippen LogP contribution < -0.4 is 11.3 Å². The van der Waals surface area contributed by atoms with Crippen LogP contribution in [0.4, 0.5) is 0 Å². The summed E-state index contributed by atoms with van der Waals surface area (Å²) in [7, 11) is 0. The Labute approximate surface area is 113 Å². The molecule has 0 unspecified atom stereocenters. The molecule has 0 fully saturated rings. The van der Waals surface area contributed by atoms with Gasteiger partial charge in [0.05, 0.1) is 10.6 Å². The molecule has 6 heteroatoms. The molecular formula is C12H9Cl2N3O. The summed E-state index contributed by atoms with van der Waals surface area (Å²) >= 11 is 11.8. The van der Waals surface area contributed by atoms with E-state index in [0.717, 1.165) is 0 Å². The van der Waals surface area contributed by atoms with Gasteiger partial charge in [-0.1, -0.05) is 23.2 Å². The number of aromatic nitrogens is 1. The van der Waals surface area contributed by atoms with Crippen molar-refractivity contribution in [3.63, 3.8) is 0 Å². The van der Waals surface area contributed by atoms with Crippen LogP contribution in [-0.2, 0) is 0 Å². The first-order valence-electron chi connectivity index (χ1n) is 5.02. The Hall–Kier alpha value is -1.78. The van der Waals surface area contributed by atoms with Gasteiger partial charge in [0.25, 0.3) is 5.56 Å². The van der Waals surface area contributed by atoms with E-state index in [2.05, 4.69) is 4.98 Å². The number of nitrogens with one attached hydrogen (secondary N) is 2. The SMILES string of the molecule is N=C(N)c1ccc(-c2ccc(Cl)cc2Cl)[nH]c1=O. The largest absolute Gasteiger partial charge is 0.384 e. The summed E-state index contributed by atoms with van der Waals surface area (Å²) in [5.41, 5.74) is 6.18. The van der Waals surface area contributed by atoms with E-state index in [1.165, 1.54) is 6.07 Å². The summed E-state index contributed by atoms with van der Waals surface area (Å²) in [5.74, 6) is -0.273. The van der Waals surface area contributed by atoms with Gasteiger partial charge < -0.3 is 10.7 Å². The van der Waals surface area contributed by atoms with Crippen molar-refractivity contribution >= 4 is 29.0 Å². The summed E-state index contributed by atoms with van der Waals surface area (Å²) in [6.07, 6.45) is 0. The highest BCUT2D eigenvalue weighted by Gasteiger charge is 2.08. The molecular weight excluding hydrogens is 273 g/mol. The van der Waals surface area contributed by atoms with E-state index in [9.17, 15) is 4.79 Å². The molecule has 0 saturated heterocycles. The van der Waals surface area contributed by atoms with E-state index in [1.807, 2.05) is 0 Å². The van der Waals surface area contributed by atoms with Crippen molar-refractivity contribution in [3.8, 4) is 11.3 Å². The van der Waals surface area contributed by atoms with Crippen LogP contribution in [-0.4, -0.2) is 10.8 Å². The molecule has 0 atom stereocenters. The average Bonchev–Trinajstić information content (AvgIpc) is 2.28. The van der Waals surface area contributed by atoms with Crippen LogP contribution in [0.5, 0.6) is 0 Å². The van der Waals surface area contributed by atoms with Crippen LogP contribution >= 0.6 is 23.2 Å². The number of halogens is 2. The quantitative estimate of drug-likeness (QED) is 0.584. The molecule has 4 nitrogen and oxygen atoms in total. The molecule has 0 bridgehead atoms. The van der Waals surface area contributed by atoms with Gasteiger partial charge in [-0.25, -0.2) is 0 Å². The van der Waals surface area contributed by atoms with E-state index in [1.54, 1.807) is 24.3 Å². The van der Waals surface area contributed by atoms with E-state index in [-0.39, 0.29) is 11.4 Å². The first-order valence-corrected chi connectivity index (χ1v) is 5.78. The van der Waals surface area contributed by atoms with Crippen molar-refractivity contribution in [2.45, 2.75) is 0 Å². The normalized spacial score (nSPS) is 10.3. The van der Waals surface area contributed by atoms with Crippen molar-refractivity contribution in [2.24, 2.45) is 5.73 Å². The van der Waals surface area contributed by atoms with Crippen molar-refractivity contribution in [1.82, 2.24) is 4.98 Å². The first kappa shape index (κ1) is 12.7. The molecule has 18 heavy (non-hydrogen) atoms. The van der Waals surface area contributed by atoms with Gasteiger partial charge in [-0.05, 0) is 30.3 Å². The molecule has 0 aliphatic carbocycles. The third-order valence-corrected chi connectivity index (χ3v) is 2.97. The van der Waals surface area contributed by atoms with Crippen LogP contribution in [0.1, 0.15) is 5.56 Å². The zero-order valence-electron chi connectivity index (χ0n) is 9.13. The zero-order chi connectivity index (χ0) is 13.3. The molecule has 0 spiro atoms. The lowest BCUT2D eigenvalue weighted by Gasteiger charge is -2.06. The molecule has 0 saturated carbocycles. The number of H-pyrrole nitrogens is 1. The summed E-state index contributed by atoms with van der Waals surface area (Å²) in [6.45, 7) is 0. The minimum absolute atomic E-state index is 0.129. The van der Waals surface area contributed by atoms with Crippen molar-refractivity contribution in [2.75, 3.05) is 0 Å². The molecule has 4 N–H and O–H groups in total. The number of benzene rings is 1. The minimum atomic E-state index is -0.425. The third-order valence-electron chi connectivity index (χ3n) is 2.42. The topological polar surface area (TPSA) is 82.7 Å². The molecule has 0 aliphatic rings. The highest BCUT2D eigenvalue weighted by Crippen LogP contribution is 2.28. The molecule has 1 aromatic heterocycles.